The van der Waals surface area contributed by atoms with E-state index in [9.17, 15) is 0 Å². The number of likely N-dealkylation sites (tertiary alicyclic amines) is 1. The first kappa shape index (κ1) is 15.3. The smallest absolute Gasteiger partial charge is 0.0546 e. The van der Waals surface area contributed by atoms with Crippen molar-refractivity contribution < 1.29 is 4.74 Å². The molecule has 0 bridgehead atoms. The molecule has 3 nitrogen and oxygen atoms in total. The van der Waals surface area contributed by atoms with Crippen molar-refractivity contribution in [2.24, 2.45) is 17.1 Å². The Morgan fingerprint density at radius 2 is 2.16 bits per heavy atom. The van der Waals surface area contributed by atoms with E-state index < -0.39 is 0 Å². The zero-order valence-corrected chi connectivity index (χ0v) is 12.7. The molecule has 112 valence electrons. The van der Waals surface area contributed by atoms with Gasteiger partial charge in [0.2, 0.25) is 0 Å². The second-order valence-electron chi connectivity index (χ2n) is 6.72. The normalized spacial score (nSPS) is 34.1. The third kappa shape index (κ3) is 4.44. The second kappa shape index (κ2) is 7.61. The van der Waals surface area contributed by atoms with Gasteiger partial charge in [-0.3, -0.25) is 0 Å². The maximum Gasteiger partial charge on any atom is 0.0546 e. The summed E-state index contributed by atoms with van der Waals surface area (Å²) in [5.41, 5.74) is 6.30. The first-order valence-corrected chi connectivity index (χ1v) is 8.28. The lowest BCUT2D eigenvalue weighted by molar-refractivity contribution is -0.0215. The van der Waals surface area contributed by atoms with Crippen LogP contribution in [-0.4, -0.2) is 44.3 Å². The predicted molar refractivity (Wildman–Crippen MR) is 80.2 cm³/mol. The van der Waals surface area contributed by atoms with Crippen molar-refractivity contribution in [1.82, 2.24) is 4.90 Å². The minimum absolute atomic E-state index is 0.239. The quantitative estimate of drug-likeness (QED) is 0.833. The highest BCUT2D eigenvalue weighted by Crippen LogP contribution is 2.30. The Bertz CT molecular complexity index is 251. The van der Waals surface area contributed by atoms with Crippen LogP contribution in [0.3, 0.4) is 0 Å². The van der Waals surface area contributed by atoms with E-state index in [2.05, 4.69) is 11.8 Å². The van der Waals surface area contributed by atoms with E-state index in [-0.39, 0.29) is 5.41 Å². The summed E-state index contributed by atoms with van der Waals surface area (Å²) in [6.07, 6.45) is 9.37. The van der Waals surface area contributed by atoms with Crippen LogP contribution in [0.2, 0.25) is 0 Å². The van der Waals surface area contributed by atoms with Crippen molar-refractivity contribution in [2.75, 3.05) is 39.4 Å². The number of nitrogens with two attached hydrogens (primary N) is 1. The molecular formula is C16H32N2O. The Kier molecular flexibility index (Phi) is 6.11. The molecule has 0 spiro atoms. The van der Waals surface area contributed by atoms with Gasteiger partial charge in [-0.2, -0.15) is 0 Å². The van der Waals surface area contributed by atoms with E-state index >= 15 is 0 Å². The molecular weight excluding hydrogens is 236 g/mol. The van der Waals surface area contributed by atoms with Gasteiger partial charge >= 0.3 is 0 Å². The molecule has 2 rings (SSSR count). The minimum atomic E-state index is 0.239. The Morgan fingerprint density at radius 1 is 1.26 bits per heavy atom. The molecule has 2 saturated heterocycles. The van der Waals surface area contributed by atoms with Crippen LogP contribution in [0.4, 0.5) is 0 Å². The standard InChI is InChI=1S/C16H32N2O/c1-2-5-15-6-3-9-18(10-7-15)13-16(12-17)8-4-11-19-14-16/h15H,2-14,17H2,1H3. The van der Waals surface area contributed by atoms with Crippen LogP contribution in [-0.2, 0) is 4.74 Å². The van der Waals surface area contributed by atoms with Gasteiger partial charge in [-0.1, -0.05) is 19.8 Å². The zero-order valence-electron chi connectivity index (χ0n) is 12.7. The fraction of sp³-hybridized carbons (Fsp3) is 1.00. The topological polar surface area (TPSA) is 38.5 Å². The van der Waals surface area contributed by atoms with Gasteiger partial charge in [-0.15, -0.1) is 0 Å². The molecule has 2 aliphatic rings. The van der Waals surface area contributed by atoms with Gasteiger partial charge in [0, 0.05) is 25.1 Å². The van der Waals surface area contributed by atoms with Crippen LogP contribution < -0.4 is 5.73 Å². The van der Waals surface area contributed by atoms with Crippen molar-refractivity contribution in [1.29, 1.82) is 0 Å². The Morgan fingerprint density at radius 3 is 2.84 bits per heavy atom. The SMILES string of the molecule is CCCC1CCCN(CC2(CN)CCCOC2)CC1. The Balaban J connectivity index is 1.84. The van der Waals surface area contributed by atoms with Gasteiger partial charge in [-0.25, -0.2) is 0 Å². The van der Waals surface area contributed by atoms with E-state index in [0.29, 0.717) is 0 Å². The van der Waals surface area contributed by atoms with Crippen LogP contribution in [0.25, 0.3) is 0 Å². The van der Waals surface area contributed by atoms with Crippen LogP contribution in [0.1, 0.15) is 51.9 Å². The summed E-state index contributed by atoms with van der Waals surface area (Å²) >= 11 is 0. The minimum Gasteiger partial charge on any atom is -0.381 e. The zero-order chi connectivity index (χ0) is 13.6. The summed E-state index contributed by atoms with van der Waals surface area (Å²) in [5.74, 6) is 0.964. The number of rotatable bonds is 5. The van der Waals surface area contributed by atoms with Crippen molar-refractivity contribution >= 4 is 0 Å². The van der Waals surface area contributed by atoms with E-state index in [1.807, 2.05) is 0 Å². The van der Waals surface area contributed by atoms with Gasteiger partial charge in [0.15, 0.2) is 0 Å². The third-order valence-corrected chi connectivity index (χ3v) is 5.03. The van der Waals surface area contributed by atoms with Crippen molar-refractivity contribution in [3.05, 3.63) is 0 Å². The Labute approximate surface area is 118 Å². The summed E-state index contributed by atoms with van der Waals surface area (Å²) in [6.45, 7) is 8.59. The summed E-state index contributed by atoms with van der Waals surface area (Å²) < 4.78 is 5.70. The average molecular weight is 268 g/mol. The molecule has 2 atom stereocenters. The van der Waals surface area contributed by atoms with Crippen LogP contribution >= 0.6 is 0 Å². The molecule has 2 heterocycles. The molecule has 19 heavy (non-hydrogen) atoms. The monoisotopic (exact) mass is 268 g/mol. The van der Waals surface area contributed by atoms with Crippen LogP contribution in [0.5, 0.6) is 0 Å². The maximum atomic E-state index is 6.06. The molecule has 0 aliphatic carbocycles. The lowest BCUT2D eigenvalue weighted by Gasteiger charge is -2.40. The van der Waals surface area contributed by atoms with Crippen LogP contribution in [0, 0.1) is 11.3 Å². The lowest BCUT2D eigenvalue weighted by Crippen LogP contribution is -2.48. The van der Waals surface area contributed by atoms with E-state index in [1.165, 1.54) is 58.0 Å². The highest BCUT2D eigenvalue weighted by Gasteiger charge is 2.34. The molecule has 2 N–H and O–H groups in total. The molecule has 0 saturated carbocycles. The molecule has 0 radical (unpaired) electrons. The van der Waals surface area contributed by atoms with E-state index in [4.69, 9.17) is 10.5 Å². The number of hydrogen-bond acceptors (Lipinski definition) is 3. The molecule has 0 aromatic rings. The highest BCUT2D eigenvalue weighted by molar-refractivity contribution is 4.87. The number of nitrogens with zero attached hydrogens (tertiary/aromatic N) is 1. The Hall–Kier alpha value is -0.120. The maximum absolute atomic E-state index is 6.06. The van der Waals surface area contributed by atoms with Gasteiger partial charge in [0.1, 0.15) is 0 Å². The summed E-state index contributed by atoms with van der Waals surface area (Å²) in [7, 11) is 0. The summed E-state index contributed by atoms with van der Waals surface area (Å²) in [6, 6.07) is 0. The largest absolute Gasteiger partial charge is 0.381 e. The molecule has 2 fully saturated rings. The first-order chi connectivity index (χ1) is 9.28. The fourth-order valence-corrected chi connectivity index (χ4v) is 3.81. The fourth-order valence-electron chi connectivity index (χ4n) is 3.81. The molecule has 0 aromatic heterocycles. The van der Waals surface area contributed by atoms with Gasteiger partial charge in [-0.05, 0) is 51.1 Å². The molecule has 3 heteroatoms. The third-order valence-electron chi connectivity index (χ3n) is 5.03. The average Bonchev–Trinajstić information content (AvgIpc) is 2.66. The molecule has 2 unspecified atom stereocenters. The van der Waals surface area contributed by atoms with Crippen molar-refractivity contribution in [2.45, 2.75) is 51.9 Å². The predicted octanol–water partition coefficient (Wildman–Crippen LogP) is 2.64. The summed E-state index contributed by atoms with van der Waals surface area (Å²) in [4.78, 5) is 2.66. The second-order valence-corrected chi connectivity index (χ2v) is 6.72. The number of ether oxygens (including phenoxy) is 1. The van der Waals surface area contributed by atoms with Gasteiger partial charge in [0.05, 0.1) is 6.61 Å². The summed E-state index contributed by atoms with van der Waals surface area (Å²) in [5, 5.41) is 0. The molecule has 2 aliphatic heterocycles. The van der Waals surface area contributed by atoms with Gasteiger partial charge in [0.25, 0.3) is 0 Å². The molecule has 0 amide bonds. The van der Waals surface area contributed by atoms with Crippen LogP contribution in [0.15, 0.2) is 0 Å². The van der Waals surface area contributed by atoms with E-state index in [1.54, 1.807) is 0 Å². The van der Waals surface area contributed by atoms with Gasteiger partial charge < -0.3 is 15.4 Å². The lowest BCUT2D eigenvalue weighted by atomic mass is 9.82. The van der Waals surface area contributed by atoms with Crippen molar-refractivity contribution in [3.63, 3.8) is 0 Å². The first-order valence-electron chi connectivity index (χ1n) is 8.28. The number of hydrogen-bond donors (Lipinski definition) is 1. The van der Waals surface area contributed by atoms with Crippen molar-refractivity contribution in [3.8, 4) is 0 Å². The van der Waals surface area contributed by atoms with E-state index in [0.717, 1.165) is 32.2 Å². The molecule has 0 aromatic carbocycles. The highest BCUT2D eigenvalue weighted by atomic mass is 16.5.